The van der Waals surface area contributed by atoms with E-state index in [1.54, 1.807) is 0 Å². The highest BCUT2D eigenvalue weighted by Crippen LogP contribution is 2.38. The summed E-state index contributed by atoms with van der Waals surface area (Å²) in [6.07, 6.45) is 19.1. The van der Waals surface area contributed by atoms with E-state index in [4.69, 9.17) is 0 Å². The fourth-order valence-corrected chi connectivity index (χ4v) is 5.86. The molecule has 0 radical (unpaired) electrons. The first kappa shape index (κ1) is 27.5. The van der Waals surface area contributed by atoms with Crippen molar-refractivity contribution in [2.24, 2.45) is 11.8 Å². The number of hydrogen-bond donors (Lipinski definition) is 0. The smallest absolute Gasteiger partial charge is 0.0715 e. The van der Waals surface area contributed by atoms with Crippen molar-refractivity contribution in [3.63, 3.8) is 0 Å². The molecular weight excluding hydrogens is 422 g/mol. The van der Waals surface area contributed by atoms with Crippen molar-refractivity contribution >= 4 is 0 Å². The Hall–Kier alpha value is -2.07. The third-order valence-electron chi connectivity index (χ3n) is 8.58. The monoisotopic (exact) mass is 471 g/mol. The normalized spacial score (nSPS) is 19.7. The molecule has 190 valence electrons. The van der Waals surface area contributed by atoms with Crippen molar-refractivity contribution in [2.75, 3.05) is 0 Å². The molecule has 1 nitrogen and oxygen atoms in total. The zero-order chi connectivity index (χ0) is 24.9. The fraction of sp³-hybridized carbons (Fsp3) is 0.618. The van der Waals surface area contributed by atoms with Gasteiger partial charge < -0.3 is 0 Å². The van der Waals surface area contributed by atoms with Gasteiger partial charge in [0.25, 0.3) is 0 Å². The van der Waals surface area contributed by atoms with Crippen LogP contribution in [0.15, 0.2) is 48.5 Å². The number of nitriles is 1. The number of rotatable bonds is 14. The van der Waals surface area contributed by atoms with E-state index >= 15 is 0 Å². The Morgan fingerprint density at radius 3 is 1.91 bits per heavy atom. The van der Waals surface area contributed by atoms with E-state index < -0.39 is 0 Å². The van der Waals surface area contributed by atoms with Gasteiger partial charge in [-0.3, -0.25) is 0 Å². The zero-order valence-corrected chi connectivity index (χ0v) is 22.8. The van der Waals surface area contributed by atoms with Crippen LogP contribution in [0.2, 0.25) is 0 Å². The van der Waals surface area contributed by atoms with Gasteiger partial charge in [0.15, 0.2) is 0 Å². The zero-order valence-electron chi connectivity index (χ0n) is 22.8. The van der Waals surface area contributed by atoms with Crippen LogP contribution in [0, 0.1) is 23.2 Å². The molecule has 0 aliphatic heterocycles. The summed E-state index contributed by atoms with van der Waals surface area (Å²) >= 11 is 0. The minimum atomic E-state index is 0.00213. The largest absolute Gasteiger partial charge is 0.198 e. The van der Waals surface area contributed by atoms with Crippen molar-refractivity contribution in [1.82, 2.24) is 0 Å². The number of nitrogens with zero attached hydrogens (tertiary/aromatic N) is 1. The van der Waals surface area contributed by atoms with Gasteiger partial charge in [0.1, 0.15) is 0 Å². The Balaban J connectivity index is 1.44. The highest BCUT2D eigenvalue weighted by atomic mass is 14.3. The van der Waals surface area contributed by atoms with E-state index in [2.05, 4.69) is 75.4 Å². The summed E-state index contributed by atoms with van der Waals surface area (Å²) in [4.78, 5) is 0. The van der Waals surface area contributed by atoms with E-state index in [0.717, 1.165) is 30.2 Å². The van der Waals surface area contributed by atoms with Gasteiger partial charge in [-0.25, -0.2) is 0 Å². The Kier molecular flexibility index (Phi) is 11.9. The van der Waals surface area contributed by atoms with Crippen LogP contribution in [0.4, 0.5) is 0 Å². The minimum absolute atomic E-state index is 0.00213. The minimum Gasteiger partial charge on any atom is -0.198 e. The van der Waals surface area contributed by atoms with Gasteiger partial charge in [-0.05, 0) is 72.1 Å². The summed E-state index contributed by atoms with van der Waals surface area (Å²) in [5, 5.41) is 9.62. The lowest BCUT2D eigenvalue weighted by Crippen LogP contribution is -2.13. The average molecular weight is 472 g/mol. The predicted octanol–water partition coefficient (Wildman–Crippen LogP) is 10.8. The van der Waals surface area contributed by atoms with Crippen LogP contribution in [-0.4, -0.2) is 0 Å². The first-order valence-electron chi connectivity index (χ1n) is 14.7. The molecule has 2 atom stereocenters. The van der Waals surface area contributed by atoms with E-state index in [1.165, 1.54) is 93.7 Å². The van der Waals surface area contributed by atoms with Crippen LogP contribution < -0.4 is 0 Å². The van der Waals surface area contributed by atoms with Crippen molar-refractivity contribution in [2.45, 2.75) is 122 Å². The lowest BCUT2D eigenvalue weighted by atomic mass is 9.77. The Bertz CT molecular complexity index is 864. The van der Waals surface area contributed by atoms with Gasteiger partial charge in [-0.2, -0.15) is 5.26 Å². The summed E-state index contributed by atoms with van der Waals surface area (Å²) in [7, 11) is 0. The van der Waals surface area contributed by atoms with Crippen LogP contribution in [0.3, 0.4) is 0 Å². The van der Waals surface area contributed by atoms with Crippen molar-refractivity contribution in [3.05, 3.63) is 59.7 Å². The van der Waals surface area contributed by atoms with Crippen molar-refractivity contribution in [3.8, 4) is 17.2 Å². The lowest BCUT2D eigenvalue weighted by molar-refractivity contribution is 0.302. The Labute approximate surface area is 216 Å². The first-order valence-corrected chi connectivity index (χ1v) is 14.7. The Morgan fingerprint density at radius 2 is 1.34 bits per heavy atom. The second-order valence-electron chi connectivity index (χ2n) is 11.3. The van der Waals surface area contributed by atoms with Crippen LogP contribution in [0.5, 0.6) is 0 Å². The molecule has 1 aliphatic carbocycles. The van der Waals surface area contributed by atoms with Gasteiger partial charge in [0.2, 0.25) is 0 Å². The highest BCUT2D eigenvalue weighted by molar-refractivity contribution is 5.64. The summed E-state index contributed by atoms with van der Waals surface area (Å²) in [5.74, 6) is 2.30. The quantitative estimate of drug-likeness (QED) is 0.251. The molecule has 0 N–H and O–H groups in total. The lowest BCUT2D eigenvalue weighted by Gasteiger charge is -2.29. The molecular formula is C34H49N. The molecule has 0 spiro atoms. The van der Waals surface area contributed by atoms with Gasteiger partial charge in [-0.1, -0.05) is 127 Å². The number of hydrogen-bond acceptors (Lipinski definition) is 1. The molecule has 1 fully saturated rings. The topological polar surface area (TPSA) is 23.8 Å². The molecule has 1 aliphatic rings. The first-order chi connectivity index (χ1) is 17.1. The van der Waals surface area contributed by atoms with Crippen LogP contribution in [0.25, 0.3) is 11.1 Å². The molecule has 1 heteroatoms. The third kappa shape index (κ3) is 8.83. The van der Waals surface area contributed by atoms with Gasteiger partial charge in [0, 0.05) is 0 Å². The van der Waals surface area contributed by atoms with E-state index in [9.17, 15) is 5.26 Å². The fourth-order valence-electron chi connectivity index (χ4n) is 5.86. The molecule has 0 amide bonds. The SMILES string of the molecule is CCCCCCCCCC1CCC(c2ccc(-c3ccc(C(C#N)CC(C)CC)cc3)cc2)CC1. The maximum atomic E-state index is 9.62. The molecule has 1 saturated carbocycles. The molecule has 2 aromatic rings. The molecule has 0 saturated heterocycles. The highest BCUT2D eigenvalue weighted by Gasteiger charge is 2.22. The van der Waals surface area contributed by atoms with Crippen LogP contribution >= 0.6 is 0 Å². The Morgan fingerprint density at radius 1 is 0.771 bits per heavy atom. The molecule has 2 unspecified atom stereocenters. The van der Waals surface area contributed by atoms with Crippen LogP contribution in [-0.2, 0) is 0 Å². The molecule has 0 bridgehead atoms. The molecule has 35 heavy (non-hydrogen) atoms. The predicted molar refractivity (Wildman–Crippen MR) is 152 cm³/mol. The van der Waals surface area contributed by atoms with Gasteiger partial charge >= 0.3 is 0 Å². The van der Waals surface area contributed by atoms with Gasteiger partial charge in [-0.15, -0.1) is 0 Å². The average Bonchev–Trinajstić information content (AvgIpc) is 2.91. The number of benzene rings is 2. The van der Waals surface area contributed by atoms with E-state index in [0.29, 0.717) is 5.92 Å². The molecule has 0 aromatic heterocycles. The molecule has 0 heterocycles. The van der Waals surface area contributed by atoms with Crippen molar-refractivity contribution in [1.29, 1.82) is 5.26 Å². The van der Waals surface area contributed by atoms with Crippen LogP contribution in [0.1, 0.15) is 134 Å². The summed E-state index contributed by atoms with van der Waals surface area (Å²) in [6.45, 7) is 6.74. The van der Waals surface area contributed by atoms with E-state index in [1.807, 2.05) is 0 Å². The molecule has 3 rings (SSSR count). The second-order valence-corrected chi connectivity index (χ2v) is 11.3. The van der Waals surface area contributed by atoms with Crippen molar-refractivity contribution < 1.29 is 0 Å². The third-order valence-corrected chi connectivity index (χ3v) is 8.58. The molecule has 2 aromatic carbocycles. The standard InChI is InChI=1S/C34H49N/c1-4-6-7-8-9-10-11-12-28-13-15-29(16-14-28)30-17-19-31(20-18-30)32-21-23-33(24-22-32)34(26-35)25-27(3)5-2/h17-24,27-29,34H,4-16,25H2,1-3H3. The maximum Gasteiger partial charge on any atom is 0.0715 e. The maximum absolute atomic E-state index is 9.62. The summed E-state index contributed by atoms with van der Waals surface area (Å²) in [5.41, 5.74) is 5.21. The van der Waals surface area contributed by atoms with Gasteiger partial charge in [0.05, 0.1) is 12.0 Å². The summed E-state index contributed by atoms with van der Waals surface area (Å²) < 4.78 is 0. The summed E-state index contributed by atoms with van der Waals surface area (Å²) in [6, 6.07) is 20.6. The second kappa shape index (κ2) is 15.1. The van der Waals surface area contributed by atoms with E-state index in [-0.39, 0.29) is 5.92 Å². The number of unbranched alkanes of at least 4 members (excludes halogenated alkanes) is 6.